The van der Waals surface area contributed by atoms with E-state index in [-0.39, 0.29) is 0 Å². The van der Waals surface area contributed by atoms with Crippen LogP contribution in [0.15, 0.2) is 73.4 Å². The summed E-state index contributed by atoms with van der Waals surface area (Å²) in [5.74, 6) is 0.879. The molecule has 7 nitrogen and oxygen atoms in total. The van der Waals surface area contributed by atoms with Crippen LogP contribution in [-0.4, -0.2) is 46.1 Å². The molecule has 0 unspecified atom stereocenters. The molecule has 0 aliphatic heterocycles. The lowest BCUT2D eigenvalue weighted by atomic mass is 10.0. The van der Waals surface area contributed by atoms with Gasteiger partial charge in [-0.25, -0.2) is 4.98 Å². The molecule has 7 heteroatoms. The highest BCUT2D eigenvalue weighted by Crippen LogP contribution is 2.29. The van der Waals surface area contributed by atoms with Crippen LogP contribution in [0, 0.1) is 0 Å². The Morgan fingerprint density at radius 2 is 1.82 bits per heavy atom. The smallest absolute Gasteiger partial charge is 0.111 e. The molecule has 0 saturated heterocycles. The zero-order valence-corrected chi connectivity index (χ0v) is 18.9. The molecule has 0 amide bonds. The van der Waals surface area contributed by atoms with Crippen LogP contribution in [-0.2, 0) is 6.42 Å². The van der Waals surface area contributed by atoms with Crippen LogP contribution in [0.3, 0.4) is 0 Å². The van der Waals surface area contributed by atoms with Gasteiger partial charge in [-0.15, -0.1) is 0 Å². The predicted octanol–water partition coefficient (Wildman–Crippen LogP) is 4.78. The normalized spacial score (nSPS) is 11.0. The summed E-state index contributed by atoms with van der Waals surface area (Å²) >= 11 is 0. The zero-order chi connectivity index (χ0) is 22.8. The van der Waals surface area contributed by atoms with E-state index in [9.17, 15) is 0 Å². The molecule has 0 fully saturated rings. The SMILES string of the molecule is CNc1ccc(-c2cncc(N(C)C)c2)cc1Cc1nc2c(-c3ccccn3)cncc2[nH]1. The molecule has 5 rings (SSSR count). The number of pyridine rings is 3. The van der Waals surface area contributed by atoms with Gasteiger partial charge < -0.3 is 15.2 Å². The number of rotatable bonds is 6. The Labute approximate surface area is 192 Å². The third-order valence-electron chi connectivity index (χ3n) is 5.69. The van der Waals surface area contributed by atoms with E-state index in [4.69, 9.17) is 4.98 Å². The Hall–Kier alpha value is -4.26. The fraction of sp³-hybridized carbons (Fsp3) is 0.154. The molecule has 164 valence electrons. The number of benzene rings is 1. The molecular formula is C26H25N7. The summed E-state index contributed by atoms with van der Waals surface area (Å²) in [4.78, 5) is 23.7. The van der Waals surface area contributed by atoms with Crippen LogP contribution >= 0.6 is 0 Å². The number of anilines is 2. The number of aromatic amines is 1. The molecule has 4 aromatic heterocycles. The highest BCUT2D eigenvalue weighted by Gasteiger charge is 2.13. The minimum Gasteiger partial charge on any atom is -0.388 e. The second-order valence-electron chi connectivity index (χ2n) is 8.11. The molecule has 0 atom stereocenters. The van der Waals surface area contributed by atoms with E-state index in [1.165, 1.54) is 0 Å². The Morgan fingerprint density at radius 1 is 0.939 bits per heavy atom. The molecule has 0 spiro atoms. The molecule has 5 aromatic rings. The first-order valence-electron chi connectivity index (χ1n) is 10.8. The van der Waals surface area contributed by atoms with E-state index < -0.39 is 0 Å². The molecule has 0 aliphatic carbocycles. The predicted molar refractivity (Wildman–Crippen MR) is 133 cm³/mol. The maximum absolute atomic E-state index is 4.92. The molecule has 0 saturated carbocycles. The van der Waals surface area contributed by atoms with E-state index in [2.05, 4.69) is 54.4 Å². The van der Waals surface area contributed by atoms with Gasteiger partial charge in [-0.3, -0.25) is 15.0 Å². The molecule has 4 heterocycles. The first-order valence-corrected chi connectivity index (χ1v) is 10.8. The Balaban J connectivity index is 1.53. The average Bonchev–Trinajstić information content (AvgIpc) is 3.27. The molecule has 0 radical (unpaired) electrons. The Morgan fingerprint density at radius 3 is 2.61 bits per heavy atom. The van der Waals surface area contributed by atoms with Gasteiger partial charge >= 0.3 is 0 Å². The molecule has 1 aromatic carbocycles. The van der Waals surface area contributed by atoms with E-state index in [1.54, 1.807) is 6.20 Å². The standard InChI is InChI=1S/C26H25N7/c1-27-22-8-7-17(19-11-20(33(2)3)14-28-13-19)10-18(22)12-25-31-24-16-29-15-21(26(24)32-25)23-6-4-5-9-30-23/h4-11,13-16,27H,12H2,1-3H3,(H,31,32). The number of H-pyrrole nitrogens is 1. The third kappa shape index (κ3) is 4.13. The van der Waals surface area contributed by atoms with Crippen LogP contribution in [0.2, 0.25) is 0 Å². The third-order valence-corrected chi connectivity index (χ3v) is 5.69. The second kappa shape index (κ2) is 8.70. The van der Waals surface area contributed by atoms with Crippen molar-refractivity contribution in [1.82, 2.24) is 24.9 Å². The summed E-state index contributed by atoms with van der Waals surface area (Å²) in [6.07, 6.45) is 9.84. The lowest BCUT2D eigenvalue weighted by Crippen LogP contribution is -2.08. The number of imidazole rings is 1. The number of nitrogens with zero attached hydrogens (tertiary/aromatic N) is 5. The van der Waals surface area contributed by atoms with Crippen molar-refractivity contribution >= 4 is 22.4 Å². The maximum atomic E-state index is 4.92. The quantitative estimate of drug-likeness (QED) is 0.399. The van der Waals surface area contributed by atoms with Gasteiger partial charge in [-0.05, 0) is 41.5 Å². The summed E-state index contributed by atoms with van der Waals surface area (Å²) in [6, 6.07) is 14.4. The maximum Gasteiger partial charge on any atom is 0.111 e. The molecule has 0 aliphatic rings. The summed E-state index contributed by atoms with van der Waals surface area (Å²) in [6.45, 7) is 0. The van der Waals surface area contributed by atoms with Gasteiger partial charge in [0.2, 0.25) is 0 Å². The van der Waals surface area contributed by atoms with Crippen LogP contribution in [0.5, 0.6) is 0 Å². The molecule has 33 heavy (non-hydrogen) atoms. The van der Waals surface area contributed by atoms with Crippen molar-refractivity contribution in [3.05, 3.63) is 84.8 Å². The van der Waals surface area contributed by atoms with Crippen LogP contribution in [0.1, 0.15) is 11.4 Å². The Kier molecular flexibility index (Phi) is 5.44. The largest absolute Gasteiger partial charge is 0.388 e. The van der Waals surface area contributed by atoms with Gasteiger partial charge in [-0.1, -0.05) is 12.1 Å². The summed E-state index contributed by atoms with van der Waals surface area (Å²) in [5, 5.41) is 3.31. The van der Waals surface area contributed by atoms with Crippen LogP contribution < -0.4 is 10.2 Å². The van der Waals surface area contributed by atoms with Gasteiger partial charge in [0, 0.05) is 63.0 Å². The fourth-order valence-electron chi connectivity index (χ4n) is 3.95. The van der Waals surface area contributed by atoms with E-state index in [0.29, 0.717) is 6.42 Å². The van der Waals surface area contributed by atoms with Crippen molar-refractivity contribution in [3.63, 3.8) is 0 Å². The zero-order valence-electron chi connectivity index (χ0n) is 18.9. The van der Waals surface area contributed by atoms with E-state index in [1.807, 2.05) is 64.1 Å². The van der Waals surface area contributed by atoms with Crippen molar-refractivity contribution in [3.8, 4) is 22.4 Å². The minimum absolute atomic E-state index is 0.654. The van der Waals surface area contributed by atoms with Crippen molar-refractivity contribution in [2.45, 2.75) is 6.42 Å². The summed E-state index contributed by atoms with van der Waals surface area (Å²) in [7, 11) is 5.98. The van der Waals surface area contributed by atoms with Gasteiger partial charge in [0.25, 0.3) is 0 Å². The monoisotopic (exact) mass is 435 g/mol. The van der Waals surface area contributed by atoms with Gasteiger partial charge in [0.1, 0.15) is 11.3 Å². The van der Waals surface area contributed by atoms with Crippen molar-refractivity contribution in [2.24, 2.45) is 0 Å². The lowest BCUT2D eigenvalue weighted by Gasteiger charge is -2.14. The van der Waals surface area contributed by atoms with Gasteiger partial charge in [-0.2, -0.15) is 0 Å². The van der Waals surface area contributed by atoms with Gasteiger partial charge in [0.05, 0.1) is 29.3 Å². The Bertz CT molecular complexity index is 1410. The van der Waals surface area contributed by atoms with Crippen molar-refractivity contribution in [1.29, 1.82) is 0 Å². The van der Waals surface area contributed by atoms with Gasteiger partial charge in [0.15, 0.2) is 0 Å². The molecule has 2 N–H and O–H groups in total. The first-order chi connectivity index (χ1) is 16.1. The summed E-state index contributed by atoms with van der Waals surface area (Å²) in [5.41, 5.74) is 9.05. The van der Waals surface area contributed by atoms with Crippen LogP contribution in [0.25, 0.3) is 33.4 Å². The van der Waals surface area contributed by atoms with Crippen LogP contribution in [0.4, 0.5) is 11.4 Å². The second-order valence-corrected chi connectivity index (χ2v) is 8.11. The van der Waals surface area contributed by atoms with Crippen molar-refractivity contribution < 1.29 is 0 Å². The number of nitrogens with one attached hydrogen (secondary N) is 2. The molecule has 0 bridgehead atoms. The first kappa shape index (κ1) is 20.6. The minimum atomic E-state index is 0.654. The van der Waals surface area contributed by atoms with Crippen molar-refractivity contribution in [2.75, 3.05) is 31.4 Å². The number of aromatic nitrogens is 5. The topological polar surface area (TPSA) is 82.6 Å². The highest BCUT2D eigenvalue weighted by atomic mass is 15.1. The fourth-order valence-corrected chi connectivity index (χ4v) is 3.95. The highest BCUT2D eigenvalue weighted by molar-refractivity contribution is 5.89. The summed E-state index contributed by atoms with van der Waals surface area (Å²) < 4.78 is 0. The van der Waals surface area contributed by atoms with E-state index >= 15 is 0 Å². The average molecular weight is 436 g/mol. The van der Waals surface area contributed by atoms with E-state index in [0.717, 1.165) is 56.2 Å². The molecular weight excluding hydrogens is 410 g/mol. The number of hydrogen-bond acceptors (Lipinski definition) is 6. The lowest BCUT2D eigenvalue weighted by molar-refractivity contribution is 1.04. The number of fused-ring (bicyclic) bond motifs is 1. The number of hydrogen-bond donors (Lipinski definition) is 2.